The number of hydrogen-bond donors (Lipinski definition) is 0. The van der Waals surface area contributed by atoms with E-state index in [1.54, 1.807) is 0 Å². The first kappa shape index (κ1) is 25.5. The third-order valence-electron chi connectivity index (χ3n) is 3.34. The summed E-state index contributed by atoms with van der Waals surface area (Å²) in [5, 5.41) is 0. The summed E-state index contributed by atoms with van der Waals surface area (Å²) in [6.45, 7) is 8.77. The smallest absolute Gasteiger partial charge is 0.358 e. The zero-order valence-corrected chi connectivity index (χ0v) is 18.4. The van der Waals surface area contributed by atoms with Gasteiger partial charge < -0.3 is 14.9 Å². The van der Waals surface area contributed by atoms with Crippen LogP contribution in [0.25, 0.3) is 0 Å². The van der Waals surface area contributed by atoms with E-state index in [-0.39, 0.29) is 40.7 Å². The van der Waals surface area contributed by atoms with Gasteiger partial charge in [0.05, 0.1) is 0 Å². The summed E-state index contributed by atoms with van der Waals surface area (Å²) >= 11 is 0. The molecule has 0 aliphatic carbocycles. The van der Waals surface area contributed by atoms with Gasteiger partial charge in [0.25, 0.3) is 0 Å². The van der Waals surface area contributed by atoms with E-state index >= 15 is 0 Å². The average molecular weight is 451 g/mol. The first-order valence-corrected chi connectivity index (χ1v) is 7.11. The summed E-state index contributed by atoms with van der Waals surface area (Å²) in [6, 6.07) is 13.0. The molecule has 0 bridgehead atoms. The molecule has 0 aromatic heterocycles. The summed E-state index contributed by atoms with van der Waals surface area (Å²) in [5.41, 5.74) is 5.91. The van der Waals surface area contributed by atoms with E-state index in [0.717, 1.165) is 0 Å². The Morgan fingerprint density at radius 3 is 1.29 bits per heavy atom. The molecule has 0 heterocycles. The van der Waals surface area contributed by atoms with E-state index < -0.39 is 0 Å². The van der Waals surface area contributed by atoms with E-state index in [1.807, 2.05) is 0 Å². The minimum Gasteiger partial charge on any atom is -0.358 e. The molecule has 0 amide bonds. The van der Waals surface area contributed by atoms with Crippen LogP contribution in [0.5, 0.6) is 0 Å². The molecule has 0 aliphatic rings. The van der Waals surface area contributed by atoms with Gasteiger partial charge in [-0.1, -0.05) is 53.4 Å². The van der Waals surface area contributed by atoms with Crippen molar-refractivity contribution in [3.8, 4) is 0 Å². The van der Waals surface area contributed by atoms with Crippen LogP contribution in [0, 0.1) is 28.7 Å². The van der Waals surface area contributed by atoms with Crippen molar-refractivity contribution >= 4 is 0 Å². The van der Waals surface area contributed by atoms with Crippen molar-refractivity contribution in [2.75, 3.05) is 0 Å². The maximum atomic E-state index is 2.21. The van der Waals surface area contributed by atoms with Crippen molar-refractivity contribution in [3.05, 3.63) is 73.5 Å². The van der Waals surface area contributed by atoms with Crippen LogP contribution in [-0.4, -0.2) is 0 Å². The van der Waals surface area contributed by atoms with Crippen LogP contribution in [0.2, 0.25) is 0 Å². The minimum absolute atomic E-state index is 0. The Labute approximate surface area is 152 Å². The van der Waals surface area contributed by atoms with Crippen LogP contribution >= 0.6 is 0 Å². The Bertz CT molecular complexity index is 392. The summed E-state index contributed by atoms with van der Waals surface area (Å²) < 4.78 is 0. The van der Waals surface area contributed by atoms with Gasteiger partial charge in [-0.2, -0.15) is 34.4 Å². The first-order chi connectivity index (χ1) is 8.69. The second kappa shape index (κ2) is 14.5. The van der Waals surface area contributed by atoms with Gasteiger partial charge >= 0.3 is 25.8 Å². The second-order valence-electron chi connectivity index (χ2n) is 4.97. The molecular formula is C20H32Hf. The van der Waals surface area contributed by atoms with E-state index in [4.69, 9.17) is 0 Å². The van der Waals surface area contributed by atoms with Crippen LogP contribution in [0.4, 0.5) is 0 Å². The van der Waals surface area contributed by atoms with Crippen LogP contribution in [0.15, 0.2) is 36.4 Å². The van der Waals surface area contributed by atoms with Crippen molar-refractivity contribution in [1.29, 1.82) is 0 Å². The Morgan fingerprint density at radius 1 is 0.762 bits per heavy atom. The van der Waals surface area contributed by atoms with Gasteiger partial charge in [0.15, 0.2) is 0 Å². The van der Waals surface area contributed by atoms with Crippen molar-refractivity contribution < 1.29 is 25.8 Å². The molecule has 2 aromatic rings. The van der Waals surface area contributed by atoms with E-state index in [2.05, 4.69) is 64.1 Å². The van der Waals surface area contributed by atoms with Crippen molar-refractivity contribution in [1.82, 2.24) is 0 Å². The largest absolute Gasteiger partial charge is 4.00 e. The van der Waals surface area contributed by atoms with Gasteiger partial charge in [0.2, 0.25) is 0 Å². The summed E-state index contributed by atoms with van der Waals surface area (Å²) in [4.78, 5) is 0. The topological polar surface area (TPSA) is 0 Å². The fourth-order valence-electron chi connectivity index (χ4n) is 2.19. The monoisotopic (exact) mass is 452 g/mol. The Hall–Kier alpha value is -0.430. The second-order valence-corrected chi connectivity index (χ2v) is 4.97. The van der Waals surface area contributed by atoms with Crippen molar-refractivity contribution in [2.45, 2.75) is 53.4 Å². The van der Waals surface area contributed by atoms with Crippen molar-refractivity contribution in [3.63, 3.8) is 0 Å². The molecule has 0 atom stereocenters. The van der Waals surface area contributed by atoms with E-state index in [0.29, 0.717) is 0 Å². The molecule has 0 fully saturated rings. The van der Waals surface area contributed by atoms with Crippen LogP contribution < -0.4 is 0 Å². The van der Waals surface area contributed by atoms with Crippen LogP contribution in [-0.2, 0) is 38.7 Å². The molecule has 0 N–H and O–H groups in total. The zero-order valence-electron chi connectivity index (χ0n) is 14.8. The Kier molecular flexibility index (Phi) is 17.6. The number of rotatable bonds is 4. The quantitative estimate of drug-likeness (QED) is 0.382. The van der Waals surface area contributed by atoms with Gasteiger partial charge in [-0.15, -0.1) is 0 Å². The average Bonchev–Trinajstić information content (AvgIpc) is 2.92. The molecule has 0 radical (unpaired) electrons. The predicted octanol–water partition coefficient (Wildman–Crippen LogP) is 6.23. The molecule has 21 heavy (non-hydrogen) atoms. The van der Waals surface area contributed by atoms with E-state index in [1.165, 1.54) is 47.9 Å². The van der Waals surface area contributed by atoms with Crippen molar-refractivity contribution in [2.24, 2.45) is 0 Å². The summed E-state index contributed by atoms with van der Waals surface area (Å²) in [6.07, 6.45) is 4.98. The fraction of sp³-hybridized carbons (Fsp3) is 0.400. The third-order valence-corrected chi connectivity index (χ3v) is 3.34. The number of hydrogen-bond acceptors (Lipinski definition) is 0. The van der Waals surface area contributed by atoms with Crippen LogP contribution in [0.3, 0.4) is 0 Å². The molecule has 0 saturated heterocycles. The number of aryl methyl sites for hydroxylation is 4. The SMILES string of the molecule is CCC[c-]1cccc1C.CCC[c-]1cccc1C.[CH3-].[CH3-].[Hf+4]. The van der Waals surface area contributed by atoms with Gasteiger partial charge in [-0.25, -0.2) is 24.3 Å². The standard InChI is InChI=1S/2C9H13.2CH3.Hf/c2*1-3-5-9-7-4-6-8(9)2;;;/h2*4,6-7H,3,5H2,1-2H3;2*1H3;/q4*-1;+4. The molecule has 0 nitrogen and oxygen atoms in total. The first-order valence-electron chi connectivity index (χ1n) is 7.11. The van der Waals surface area contributed by atoms with Gasteiger partial charge in [-0.05, 0) is 0 Å². The molecular weight excluding hydrogens is 419 g/mol. The maximum Gasteiger partial charge on any atom is 4.00 e. The molecule has 116 valence electrons. The molecule has 0 saturated carbocycles. The summed E-state index contributed by atoms with van der Waals surface area (Å²) in [7, 11) is 0. The molecule has 0 spiro atoms. The fourth-order valence-corrected chi connectivity index (χ4v) is 2.19. The molecule has 0 aliphatic heterocycles. The van der Waals surface area contributed by atoms with E-state index in [9.17, 15) is 0 Å². The maximum absolute atomic E-state index is 2.21. The Balaban J connectivity index is -0.000000270. The molecule has 0 unspecified atom stereocenters. The predicted molar refractivity (Wildman–Crippen MR) is 94.4 cm³/mol. The molecule has 2 aromatic carbocycles. The van der Waals surface area contributed by atoms with Gasteiger partial charge in [0, 0.05) is 0 Å². The third kappa shape index (κ3) is 9.24. The van der Waals surface area contributed by atoms with Gasteiger partial charge in [-0.3, -0.25) is 0 Å². The molecule has 2 rings (SSSR count). The Morgan fingerprint density at radius 2 is 1.10 bits per heavy atom. The minimum atomic E-state index is 0. The normalized spacial score (nSPS) is 8.57. The summed E-state index contributed by atoms with van der Waals surface area (Å²) in [5.74, 6) is 0. The molecule has 1 heteroatoms. The zero-order chi connectivity index (χ0) is 13.4. The van der Waals surface area contributed by atoms with Crippen LogP contribution in [0.1, 0.15) is 48.9 Å². The van der Waals surface area contributed by atoms with Gasteiger partial charge in [0.1, 0.15) is 0 Å².